The van der Waals surface area contributed by atoms with Crippen LogP contribution in [0.2, 0.25) is 10.0 Å². The van der Waals surface area contributed by atoms with Gasteiger partial charge in [0.25, 0.3) is 0 Å². The lowest BCUT2D eigenvalue weighted by Crippen LogP contribution is -1.97. The summed E-state index contributed by atoms with van der Waals surface area (Å²) in [5.41, 5.74) is 1.20. The minimum atomic E-state index is 0.547. The summed E-state index contributed by atoms with van der Waals surface area (Å²) in [6.07, 6.45) is 3.48. The first kappa shape index (κ1) is 11.9. The third kappa shape index (κ3) is 2.90. The van der Waals surface area contributed by atoms with Crippen molar-refractivity contribution in [1.29, 1.82) is 0 Å². The topological polar surface area (TPSA) is 0 Å². The molecule has 2 heteroatoms. The molecule has 78 valence electrons. The first-order chi connectivity index (χ1) is 6.69. The summed E-state index contributed by atoms with van der Waals surface area (Å²) in [7, 11) is 0. The normalized spacial score (nSPS) is 12.9. The van der Waals surface area contributed by atoms with Crippen molar-refractivity contribution in [2.75, 3.05) is 0 Å². The highest BCUT2D eigenvalue weighted by atomic mass is 35.5. The quantitative estimate of drug-likeness (QED) is 0.660. The highest BCUT2D eigenvalue weighted by Gasteiger charge is 2.12. The Morgan fingerprint density at radius 1 is 1.21 bits per heavy atom. The lowest BCUT2D eigenvalue weighted by molar-refractivity contribution is 0.596. The molecule has 14 heavy (non-hydrogen) atoms. The van der Waals surface area contributed by atoms with E-state index in [4.69, 9.17) is 23.2 Å². The summed E-state index contributed by atoms with van der Waals surface area (Å²) in [6, 6.07) is 5.72. The summed E-state index contributed by atoms with van der Waals surface area (Å²) in [5, 5.41) is 1.62. The molecule has 0 spiro atoms. The van der Waals surface area contributed by atoms with Crippen LogP contribution in [0.15, 0.2) is 18.2 Å². The molecule has 0 aliphatic heterocycles. The monoisotopic (exact) mass is 230 g/mol. The highest BCUT2D eigenvalue weighted by molar-refractivity contribution is 6.33. The lowest BCUT2D eigenvalue weighted by atomic mass is 9.92. The summed E-state index contributed by atoms with van der Waals surface area (Å²) in [5.74, 6) is 0.547. The van der Waals surface area contributed by atoms with Gasteiger partial charge in [-0.25, -0.2) is 0 Å². The van der Waals surface area contributed by atoms with Crippen LogP contribution >= 0.6 is 23.2 Å². The zero-order valence-corrected chi connectivity index (χ0v) is 10.2. The summed E-state index contributed by atoms with van der Waals surface area (Å²) in [4.78, 5) is 0. The molecule has 0 aromatic heterocycles. The van der Waals surface area contributed by atoms with E-state index in [9.17, 15) is 0 Å². The van der Waals surface area contributed by atoms with Crippen molar-refractivity contribution in [1.82, 2.24) is 0 Å². The van der Waals surface area contributed by atoms with E-state index in [1.165, 1.54) is 18.4 Å². The van der Waals surface area contributed by atoms with Crippen molar-refractivity contribution in [3.05, 3.63) is 33.8 Å². The van der Waals surface area contributed by atoms with Gasteiger partial charge in [0, 0.05) is 10.0 Å². The molecule has 1 atom stereocenters. The summed E-state index contributed by atoms with van der Waals surface area (Å²) < 4.78 is 0. The molecule has 0 fully saturated rings. The number of benzene rings is 1. The van der Waals surface area contributed by atoms with Gasteiger partial charge in [-0.2, -0.15) is 0 Å². The van der Waals surface area contributed by atoms with Crippen LogP contribution in [-0.4, -0.2) is 0 Å². The molecule has 0 aliphatic carbocycles. The second-order valence-electron chi connectivity index (χ2n) is 3.56. The molecule has 0 amide bonds. The molecular formula is C12H16Cl2. The predicted molar refractivity (Wildman–Crippen MR) is 64.4 cm³/mol. The van der Waals surface area contributed by atoms with Crippen LogP contribution in [0.4, 0.5) is 0 Å². The van der Waals surface area contributed by atoms with E-state index in [1.54, 1.807) is 0 Å². The smallest absolute Gasteiger partial charge is 0.0441 e. The number of rotatable bonds is 4. The Bertz CT molecular complexity index is 294. The molecular weight excluding hydrogens is 215 g/mol. The van der Waals surface area contributed by atoms with Gasteiger partial charge in [0.15, 0.2) is 0 Å². The van der Waals surface area contributed by atoms with Crippen LogP contribution in [0, 0.1) is 0 Å². The van der Waals surface area contributed by atoms with E-state index in [0.29, 0.717) is 5.92 Å². The molecule has 1 rings (SSSR count). The molecule has 0 heterocycles. The first-order valence-corrected chi connectivity index (χ1v) is 5.89. The van der Waals surface area contributed by atoms with E-state index in [2.05, 4.69) is 13.8 Å². The fourth-order valence-corrected chi connectivity index (χ4v) is 2.21. The minimum absolute atomic E-state index is 0.547. The van der Waals surface area contributed by atoms with Crippen LogP contribution < -0.4 is 0 Å². The summed E-state index contributed by atoms with van der Waals surface area (Å²) in [6.45, 7) is 4.39. The predicted octanol–water partition coefficient (Wildman–Crippen LogP) is 5.29. The second-order valence-corrected chi connectivity index (χ2v) is 4.40. The Balaban J connectivity index is 2.96. The van der Waals surface area contributed by atoms with Gasteiger partial charge >= 0.3 is 0 Å². The molecule has 0 nitrogen and oxygen atoms in total. The molecule has 0 aliphatic rings. The highest BCUT2D eigenvalue weighted by Crippen LogP contribution is 2.32. The number of hydrogen-bond acceptors (Lipinski definition) is 0. The average Bonchev–Trinajstić information content (AvgIpc) is 2.18. The summed E-state index contributed by atoms with van der Waals surface area (Å²) >= 11 is 12.1. The minimum Gasteiger partial charge on any atom is -0.0843 e. The van der Waals surface area contributed by atoms with Gasteiger partial charge in [0.1, 0.15) is 0 Å². The van der Waals surface area contributed by atoms with Crippen molar-refractivity contribution in [2.24, 2.45) is 0 Å². The maximum absolute atomic E-state index is 6.15. The number of hydrogen-bond donors (Lipinski definition) is 0. The van der Waals surface area contributed by atoms with Crippen LogP contribution in [0.5, 0.6) is 0 Å². The Hall–Kier alpha value is -0.200. The first-order valence-electron chi connectivity index (χ1n) is 5.14. The van der Waals surface area contributed by atoms with Crippen LogP contribution in [0.1, 0.15) is 44.6 Å². The van der Waals surface area contributed by atoms with Gasteiger partial charge in [-0.3, -0.25) is 0 Å². The van der Waals surface area contributed by atoms with E-state index >= 15 is 0 Å². The van der Waals surface area contributed by atoms with Gasteiger partial charge in [0.2, 0.25) is 0 Å². The third-order valence-corrected chi connectivity index (χ3v) is 3.11. The largest absolute Gasteiger partial charge is 0.0843 e. The molecule has 0 radical (unpaired) electrons. The van der Waals surface area contributed by atoms with Crippen molar-refractivity contribution >= 4 is 23.2 Å². The standard InChI is InChI=1S/C12H16Cl2/c1-3-5-9(4-2)11-8-10(13)6-7-12(11)14/h6-9H,3-5H2,1-2H3. The molecule has 1 aromatic rings. The van der Waals surface area contributed by atoms with Crippen molar-refractivity contribution in [3.63, 3.8) is 0 Å². The second kappa shape index (κ2) is 5.63. The Labute approximate surface area is 96.2 Å². The molecule has 0 saturated heterocycles. The van der Waals surface area contributed by atoms with Gasteiger partial charge in [-0.05, 0) is 42.5 Å². The van der Waals surface area contributed by atoms with Crippen LogP contribution in [-0.2, 0) is 0 Å². The van der Waals surface area contributed by atoms with Crippen molar-refractivity contribution < 1.29 is 0 Å². The van der Waals surface area contributed by atoms with Gasteiger partial charge in [-0.15, -0.1) is 0 Å². The van der Waals surface area contributed by atoms with Gasteiger partial charge in [0.05, 0.1) is 0 Å². The molecule has 0 bridgehead atoms. The molecule has 1 unspecified atom stereocenters. The fraction of sp³-hybridized carbons (Fsp3) is 0.500. The molecule has 0 saturated carbocycles. The maximum Gasteiger partial charge on any atom is 0.0441 e. The Morgan fingerprint density at radius 2 is 1.93 bits per heavy atom. The van der Waals surface area contributed by atoms with Gasteiger partial charge < -0.3 is 0 Å². The van der Waals surface area contributed by atoms with Crippen LogP contribution in [0.3, 0.4) is 0 Å². The molecule has 1 aromatic carbocycles. The average molecular weight is 231 g/mol. The van der Waals surface area contributed by atoms with E-state index in [0.717, 1.165) is 16.5 Å². The van der Waals surface area contributed by atoms with Crippen molar-refractivity contribution in [3.8, 4) is 0 Å². The van der Waals surface area contributed by atoms with E-state index in [-0.39, 0.29) is 0 Å². The van der Waals surface area contributed by atoms with E-state index < -0.39 is 0 Å². The zero-order chi connectivity index (χ0) is 10.6. The zero-order valence-electron chi connectivity index (χ0n) is 8.69. The Kier molecular flexibility index (Phi) is 4.77. The Morgan fingerprint density at radius 3 is 2.50 bits per heavy atom. The van der Waals surface area contributed by atoms with Crippen molar-refractivity contribution in [2.45, 2.75) is 39.0 Å². The van der Waals surface area contributed by atoms with E-state index in [1.807, 2.05) is 18.2 Å². The maximum atomic E-state index is 6.15. The molecule has 0 N–H and O–H groups in total. The third-order valence-electron chi connectivity index (χ3n) is 2.53. The van der Waals surface area contributed by atoms with Crippen LogP contribution in [0.25, 0.3) is 0 Å². The lowest BCUT2D eigenvalue weighted by Gasteiger charge is -2.16. The fourth-order valence-electron chi connectivity index (χ4n) is 1.76. The SMILES string of the molecule is CCCC(CC)c1cc(Cl)ccc1Cl. The van der Waals surface area contributed by atoms with Gasteiger partial charge in [-0.1, -0.05) is 43.5 Å². The number of halogens is 2.